The molecule has 0 saturated carbocycles. The molecule has 5 nitrogen and oxygen atoms in total. The number of nitrogens with zero attached hydrogens (tertiary/aromatic N) is 2. The van der Waals surface area contributed by atoms with Crippen molar-refractivity contribution in [2.75, 3.05) is 0 Å². The summed E-state index contributed by atoms with van der Waals surface area (Å²) in [5.74, 6) is -0.720. The average Bonchev–Trinajstić information content (AvgIpc) is 2.94. The van der Waals surface area contributed by atoms with Gasteiger partial charge < -0.3 is 4.42 Å². The fraction of sp³-hybridized carbons (Fsp3) is 0.222. The lowest BCUT2D eigenvalue weighted by Crippen LogP contribution is -2.30. The van der Waals surface area contributed by atoms with Gasteiger partial charge in [0.25, 0.3) is 0 Å². The number of aromatic nitrogens is 1. The third kappa shape index (κ3) is 1.30. The molecule has 0 atom stereocenters. The van der Waals surface area contributed by atoms with Crippen molar-refractivity contribution in [3.8, 4) is 0 Å². The number of hydrogen-bond acceptors (Lipinski definition) is 4. The van der Waals surface area contributed by atoms with E-state index < -0.39 is 17.6 Å². The van der Waals surface area contributed by atoms with Crippen LogP contribution in [0.4, 0.5) is 13.2 Å². The Labute approximate surface area is 91.0 Å². The molecule has 17 heavy (non-hydrogen) atoms. The highest BCUT2D eigenvalue weighted by Gasteiger charge is 2.65. The van der Waals surface area contributed by atoms with Crippen LogP contribution in [0.1, 0.15) is 5.56 Å². The van der Waals surface area contributed by atoms with Crippen molar-refractivity contribution < 1.29 is 17.6 Å². The Hall–Kier alpha value is -2.12. The third-order valence-electron chi connectivity index (χ3n) is 2.52. The van der Waals surface area contributed by atoms with Gasteiger partial charge in [0.05, 0.1) is 5.52 Å². The Balaban J connectivity index is 2.16. The van der Waals surface area contributed by atoms with E-state index >= 15 is 0 Å². The molecule has 1 N–H and O–H groups in total. The third-order valence-corrected chi connectivity index (χ3v) is 2.52. The molecule has 0 bridgehead atoms. The number of fused-ring (bicyclic) bond motifs is 1. The lowest BCUT2D eigenvalue weighted by molar-refractivity contribution is -0.166. The fourth-order valence-corrected chi connectivity index (χ4v) is 1.61. The zero-order valence-corrected chi connectivity index (χ0v) is 8.08. The molecule has 0 aliphatic carbocycles. The minimum absolute atomic E-state index is 0.144. The van der Waals surface area contributed by atoms with Gasteiger partial charge in [0.15, 0.2) is 5.58 Å². The molecule has 0 spiro atoms. The second-order valence-electron chi connectivity index (χ2n) is 3.60. The Morgan fingerprint density at radius 2 is 2.00 bits per heavy atom. The monoisotopic (exact) mass is 243 g/mol. The molecule has 0 unspecified atom stereocenters. The van der Waals surface area contributed by atoms with Gasteiger partial charge in [-0.05, 0) is 12.1 Å². The van der Waals surface area contributed by atoms with Crippen molar-refractivity contribution in [2.45, 2.75) is 11.8 Å². The predicted molar refractivity (Wildman–Crippen MR) is 49.4 cm³/mol. The normalized spacial score (nSPS) is 17.6. The molecule has 2 aromatic rings. The zero-order chi connectivity index (χ0) is 12.3. The second kappa shape index (κ2) is 2.76. The van der Waals surface area contributed by atoms with Crippen molar-refractivity contribution in [1.82, 2.24) is 4.98 Å². The molecule has 0 fully saturated rings. The van der Waals surface area contributed by atoms with E-state index in [2.05, 4.69) is 19.6 Å². The maximum atomic E-state index is 12.7. The van der Waals surface area contributed by atoms with Crippen molar-refractivity contribution >= 4 is 11.1 Å². The van der Waals surface area contributed by atoms with Crippen LogP contribution in [0, 0.1) is 0 Å². The average molecular weight is 243 g/mol. The molecule has 3 rings (SSSR count). The fourth-order valence-electron chi connectivity index (χ4n) is 1.61. The number of aromatic amines is 1. The van der Waals surface area contributed by atoms with E-state index in [1.54, 1.807) is 0 Å². The van der Waals surface area contributed by atoms with Gasteiger partial charge in [-0.2, -0.15) is 13.2 Å². The summed E-state index contributed by atoms with van der Waals surface area (Å²) in [5, 5.41) is 6.13. The highest BCUT2D eigenvalue weighted by molar-refractivity contribution is 5.73. The van der Waals surface area contributed by atoms with Crippen LogP contribution in [0.15, 0.2) is 37.6 Å². The molecule has 2 heterocycles. The van der Waals surface area contributed by atoms with E-state index in [-0.39, 0.29) is 16.7 Å². The first-order chi connectivity index (χ1) is 7.92. The SMILES string of the molecule is O=c1[nH]c2cc(C3(C(F)(F)F)N=N3)ccc2o1. The summed E-state index contributed by atoms with van der Waals surface area (Å²) in [6, 6.07) is 3.62. The highest BCUT2D eigenvalue weighted by Crippen LogP contribution is 2.52. The number of hydrogen-bond donors (Lipinski definition) is 1. The zero-order valence-electron chi connectivity index (χ0n) is 8.08. The van der Waals surface area contributed by atoms with Crippen LogP contribution < -0.4 is 5.76 Å². The van der Waals surface area contributed by atoms with Gasteiger partial charge in [-0.1, -0.05) is 6.07 Å². The standard InChI is InChI=1S/C9H4F3N3O2/c10-9(11,12)8(14-15-8)4-1-2-6-5(3-4)13-7(16)17-6/h1-3H,(H,13,16). The highest BCUT2D eigenvalue weighted by atomic mass is 19.4. The van der Waals surface area contributed by atoms with Crippen LogP contribution in [-0.2, 0) is 5.66 Å². The number of benzene rings is 1. The van der Waals surface area contributed by atoms with Crippen LogP contribution in [0.2, 0.25) is 0 Å². The van der Waals surface area contributed by atoms with Crippen LogP contribution >= 0.6 is 0 Å². The first-order valence-corrected chi connectivity index (χ1v) is 4.56. The summed E-state index contributed by atoms with van der Waals surface area (Å²) < 4.78 is 42.8. The molecule has 1 aliphatic rings. The Kier molecular flexibility index (Phi) is 1.63. The number of nitrogens with one attached hydrogen (secondary N) is 1. The van der Waals surface area contributed by atoms with Gasteiger partial charge in [-0.25, -0.2) is 4.79 Å². The molecule has 88 valence electrons. The van der Waals surface area contributed by atoms with E-state index in [0.717, 1.165) is 6.07 Å². The largest absolute Gasteiger partial charge is 0.442 e. The molecule has 1 aliphatic heterocycles. The summed E-state index contributed by atoms with van der Waals surface area (Å²) in [6.07, 6.45) is -4.58. The number of oxazole rings is 1. The minimum atomic E-state index is -4.58. The van der Waals surface area contributed by atoms with Gasteiger partial charge in [0, 0.05) is 5.56 Å². The summed E-state index contributed by atoms with van der Waals surface area (Å²) in [4.78, 5) is 13.1. The maximum absolute atomic E-state index is 12.7. The van der Waals surface area contributed by atoms with E-state index in [0.29, 0.717) is 0 Å². The number of H-pyrrole nitrogens is 1. The maximum Gasteiger partial charge on any atom is 0.442 e. The van der Waals surface area contributed by atoms with E-state index in [9.17, 15) is 18.0 Å². The summed E-state index contributed by atoms with van der Waals surface area (Å²) >= 11 is 0. The van der Waals surface area contributed by atoms with Crippen LogP contribution in [-0.4, -0.2) is 11.2 Å². The molecule has 1 aromatic heterocycles. The van der Waals surface area contributed by atoms with Gasteiger partial charge in [-0.15, -0.1) is 10.2 Å². The number of halogens is 3. The predicted octanol–water partition coefficient (Wildman–Crippen LogP) is 2.30. The molecule has 1 aromatic carbocycles. The molecule has 0 radical (unpaired) electrons. The quantitative estimate of drug-likeness (QED) is 0.834. The molecule has 0 saturated heterocycles. The number of rotatable bonds is 1. The summed E-state index contributed by atoms with van der Waals surface area (Å²) in [6.45, 7) is 0. The number of alkyl halides is 3. The van der Waals surface area contributed by atoms with Crippen LogP contribution in [0.5, 0.6) is 0 Å². The summed E-state index contributed by atoms with van der Waals surface area (Å²) in [7, 11) is 0. The van der Waals surface area contributed by atoms with E-state index in [1.165, 1.54) is 12.1 Å². The van der Waals surface area contributed by atoms with Gasteiger partial charge >= 0.3 is 17.6 Å². The minimum Gasteiger partial charge on any atom is -0.408 e. The second-order valence-corrected chi connectivity index (χ2v) is 3.60. The van der Waals surface area contributed by atoms with Crippen molar-refractivity contribution in [2.24, 2.45) is 10.2 Å². The van der Waals surface area contributed by atoms with Gasteiger partial charge in [0.1, 0.15) is 0 Å². The van der Waals surface area contributed by atoms with Crippen LogP contribution in [0.3, 0.4) is 0 Å². The van der Waals surface area contributed by atoms with Crippen molar-refractivity contribution in [3.05, 3.63) is 34.3 Å². The first kappa shape index (κ1) is 10.1. The van der Waals surface area contributed by atoms with Crippen molar-refractivity contribution in [3.63, 3.8) is 0 Å². The topological polar surface area (TPSA) is 70.7 Å². The summed E-state index contributed by atoms with van der Waals surface area (Å²) in [5.41, 5.74) is -2.24. The smallest absolute Gasteiger partial charge is 0.408 e. The molecule has 0 amide bonds. The van der Waals surface area contributed by atoms with Crippen molar-refractivity contribution in [1.29, 1.82) is 0 Å². The Morgan fingerprint density at radius 1 is 1.29 bits per heavy atom. The van der Waals surface area contributed by atoms with E-state index in [4.69, 9.17) is 0 Å². The van der Waals surface area contributed by atoms with Gasteiger partial charge in [0.2, 0.25) is 0 Å². The van der Waals surface area contributed by atoms with Gasteiger partial charge in [-0.3, -0.25) is 4.98 Å². The molecule has 8 heteroatoms. The van der Waals surface area contributed by atoms with E-state index in [1.807, 2.05) is 0 Å². The van der Waals surface area contributed by atoms with Crippen LogP contribution in [0.25, 0.3) is 11.1 Å². The molecular weight excluding hydrogens is 239 g/mol. The Morgan fingerprint density at radius 3 is 2.59 bits per heavy atom. The molecular formula is C9H4F3N3O2. The Bertz CT molecular complexity index is 677. The lowest BCUT2D eigenvalue weighted by Gasteiger charge is -2.14. The lowest BCUT2D eigenvalue weighted by atomic mass is 10.0. The first-order valence-electron chi connectivity index (χ1n) is 4.56.